The largest absolute Gasteiger partial charge is 0.416 e. The Labute approximate surface area is 214 Å². The first-order valence-corrected chi connectivity index (χ1v) is 13.0. The summed E-state index contributed by atoms with van der Waals surface area (Å²) in [5.41, 5.74) is 0.836. The minimum absolute atomic E-state index is 0.0869. The maximum atomic E-state index is 12.8. The summed E-state index contributed by atoms with van der Waals surface area (Å²) in [6.07, 6.45) is -4.44. The molecule has 1 heterocycles. The number of sulfonamides is 1. The predicted molar refractivity (Wildman–Crippen MR) is 134 cm³/mol. The summed E-state index contributed by atoms with van der Waals surface area (Å²) in [7, 11) is -3.97. The fraction of sp³-hybridized carbons (Fsp3) is 0.0800. The van der Waals surface area contributed by atoms with E-state index < -0.39 is 27.7 Å². The van der Waals surface area contributed by atoms with Gasteiger partial charge in [-0.3, -0.25) is 19.6 Å². The highest BCUT2D eigenvalue weighted by atomic mass is 32.2. The average Bonchev–Trinajstić information content (AvgIpc) is 3.32. The third-order valence-electron chi connectivity index (χ3n) is 5.18. The van der Waals surface area contributed by atoms with E-state index in [9.17, 15) is 31.2 Å². The van der Waals surface area contributed by atoms with Crippen molar-refractivity contribution in [3.63, 3.8) is 0 Å². The summed E-state index contributed by atoms with van der Waals surface area (Å²) in [4.78, 5) is 28.3. The molecular formula is C25H18F3N3O4S2. The summed E-state index contributed by atoms with van der Waals surface area (Å²) in [6.45, 7) is 1.37. The van der Waals surface area contributed by atoms with Gasteiger partial charge in [0.1, 0.15) is 0 Å². The summed E-state index contributed by atoms with van der Waals surface area (Å²) in [5.74, 6) is -0.748. The molecule has 0 spiro atoms. The standard InChI is InChI=1S/C25H18F3N3O4S2/c1-15(32)18-3-2-4-20(13-18)31-37(34,35)21-11-7-17(8-12-21)23(33)30-24-29-22(14-36-24)16-5-9-19(10-6-16)25(26,27)28/h2-14,31H,1H3,(H,29,30,33). The van der Waals surface area contributed by atoms with Crippen LogP contribution in [0.2, 0.25) is 0 Å². The highest BCUT2D eigenvalue weighted by Crippen LogP contribution is 2.32. The van der Waals surface area contributed by atoms with Gasteiger partial charge in [-0.25, -0.2) is 13.4 Å². The van der Waals surface area contributed by atoms with Crippen molar-refractivity contribution in [2.75, 3.05) is 10.0 Å². The number of Topliss-reactive ketones (excluding diaryl/α,β-unsaturated/α-hetero) is 1. The summed E-state index contributed by atoms with van der Waals surface area (Å²) in [5, 5.41) is 4.41. The van der Waals surface area contributed by atoms with E-state index in [-0.39, 0.29) is 27.1 Å². The van der Waals surface area contributed by atoms with Gasteiger partial charge in [0.25, 0.3) is 15.9 Å². The van der Waals surface area contributed by atoms with Crippen LogP contribution in [0.25, 0.3) is 11.3 Å². The number of nitrogens with one attached hydrogen (secondary N) is 2. The molecule has 0 aliphatic rings. The van der Waals surface area contributed by atoms with Crippen molar-refractivity contribution in [1.82, 2.24) is 4.98 Å². The Bertz CT molecular complexity index is 1560. The van der Waals surface area contributed by atoms with Crippen LogP contribution in [0.3, 0.4) is 0 Å². The number of hydrogen-bond donors (Lipinski definition) is 2. The molecule has 190 valence electrons. The number of amides is 1. The van der Waals surface area contributed by atoms with Gasteiger partial charge in [0, 0.05) is 27.8 Å². The first kappa shape index (κ1) is 26.0. The molecule has 0 aliphatic heterocycles. The molecule has 0 saturated carbocycles. The molecule has 0 unspecified atom stereocenters. The predicted octanol–water partition coefficient (Wildman–Crippen LogP) is 6.08. The number of carbonyl (C=O) groups excluding carboxylic acids is 2. The molecule has 1 amide bonds. The van der Waals surface area contributed by atoms with Crippen LogP contribution in [0.4, 0.5) is 24.0 Å². The zero-order chi connectivity index (χ0) is 26.8. The number of nitrogens with zero attached hydrogens (tertiary/aromatic N) is 1. The number of alkyl halides is 3. The van der Waals surface area contributed by atoms with Gasteiger partial charge in [-0.2, -0.15) is 13.2 Å². The number of thiazole rings is 1. The summed E-state index contributed by atoms with van der Waals surface area (Å²) >= 11 is 1.09. The molecule has 0 radical (unpaired) electrons. The average molecular weight is 546 g/mol. The Kier molecular flexibility index (Phi) is 7.14. The molecule has 4 aromatic rings. The van der Waals surface area contributed by atoms with Gasteiger partial charge in [-0.15, -0.1) is 11.3 Å². The first-order valence-electron chi connectivity index (χ1n) is 10.6. The van der Waals surface area contributed by atoms with Crippen molar-refractivity contribution >= 4 is 43.9 Å². The van der Waals surface area contributed by atoms with Crippen LogP contribution in [0.15, 0.2) is 83.1 Å². The molecule has 0 saturated heterocycles. The molecule has 12 heteroatoms. The number of anilines is 2. The topological polar surface area (TPSA) is 105 Å². The fourth-order valence-electron chi connectivity index (χ4n) is 3.26. The van der Waals surface area contributed by atoms with Crippen LogP contribution in [0.5, 0.6) is 0 Å². The van der Waals surface area contributed by atoms with Crippen LogP contribution < -0.4 is 10.0 Å². The molecule has 1 aromatic heterocycles. The number of ketones is 1. The third kappa shape index (κ3) is 6.22. The maximum Gasteiger partial charge on any atom is 0.416 e. The summed E-state index contributed by atoms with van der Waals surface area (Å²) in [6, 6.07) is 15.8. The Morgan fingerprint density at radius 2 is 1.59 bits per heavy atom. The van der Waals surface area contributed by atoms with Gasteiger partial charge in [0.2, 0.25) is 0 Å². The monoisotopic (exact) mass is 545 g/mol. The van der Waals surface area contributed by atoms with Crippen molar-refractivity contribution in [3.05, 3.63) is 94.9 Å². The van der Waals surface area contributed by atoms with Crippen molar-refractivity contribution in [1.29, 1.82) is 0 Å². The fourth-order valence-corrected chi connectivity index (χ4v) is 5.03. The van der Waals surface area contributed by atoms with Crippen molar-refractivity contribution in [2.24, 2.45) is 0 Å². The van der Waals surface area contributed by atoms with Gasteiger partial charge in [0.05, 0.1) is 16.2 Å². The molecule has 0 bridgehead atoms. The molecular weight excluding hydrogens is 527 g/mol. The zero-order valence-corrected chi connectivity index (χ0v) is 20.7. The van der Waals surface area contributed by atoms with Crippen LogP contribution in [-0.4, -0.2) is 25.1 Å². The van der Waals surface area contributed by atoms with Gasteiger partial charge in [0.15, 0.2) is 10.9 Å². The number of benzene rings is 3. The smallest absolute Gasteiger partial charge is 0.298 e. The summed E-state index contributed by atoms with van der Waals surface area (Å²) < 4.78 is 66.1. The number of rotatable bonds is 7. The van der Waals surface area contributed by atoms with E-state index in [1.165, 1.54) is 55.5 Å². The minimum atomic E-state index is -4.44. The van der Waals surface area contributed by atoms with E-state index in [0.29, 0.717) is 16.8 Å². The van der Waals surface area contributed by atoms with E-state index >= 15 is 0 Å². The van der Waals surface area contributed by atoms with Crippen LogP contribution >= 0.6 is 11.3 Å². The van der Waals surface area contributed by atoms with Gasteiger partial charge >= 0.3 is 6.18 Å². The number of hydrogen-bond acceptors (Lipinski definition) is 6. The Morgan fingerprint density at radius 3 is 2.22 bits per heavy atom. The lowest BCUT2D eigenvalue weighted by Crippen LogP contribution is -2.15. The molecule has 2 N–H and O–H groups in total. The van der Waals surface area contributed by atoms with Gasteiger partial charge in [-0.05, 0) is 55.5 Å². The molecule has 3 aromatic carbocycles. The highest BCUT2D eigenvalue weighted by molar-refractivity contribution is 7.92. The zero-order valence-electron chi connectivity index (χ0n) is 19.0. The van der Waals surface area contributed by atoms with E-state index in [4.69, 9.17) is 0 Å². The molecule has 0 atom stereocenters. The van der Waals surface area contributed by atoms with Gasteiger partial charge in [-0.1, -0.05) is 24.3 Å². The lowest BCUT2D eigenvalue weighted by Gasteiger charge is -2.09. The third-order valence-corrected chi connectivity index (χ3v) is 7.34. The quantitative estimate of drug-likeness (QED) is 0.274. The van der Waals surface area contributed by atoms with Crippen molar-refractivity contribution in [3.8, 4) is 11.3 Å². The van der Waals surface area contributed by atoms with Crippen molar-refractivity contribution < 1.29 is 31.2 Å². The second-order valence-corrected chi connectivity index (χ2v) is 10.4. The Morgan fingerprint density at radius 1 is 0.919 bits per heavy atom. The van der Waals surface area contributed by atoms with E-state index in [1.54, 1.807) is 17.5 Å². The van der Waals surface area contributed by atoms with E-state index in [2.05, 4.69) is 15.0 Å². The molecule has 37 heavy (non-hydrogen) atoms. The van der Waals surface area contributed by atoms with Crippen molar-refractivity contribution in [2.45, 2.75) is 18.0 Å². The van der Waals surface area contributed by atoms with E-state index in [0.717, 1.165) is 23.5 Å². The van der Waals surface area contributed by atoms with Crippen LogP contribution in [0.1, 0.15) is 33.2 Å². The first-order chi connectivity index (χ1) is 17.4. The van der Waals surface area contributed by atoms with E-state index in [1.807, 2.05) is 0 Å². The van der Waals surface area contributed by atoms with Crippen LogP contribution in [-0.2, 0) is 16.2 Å². The Hall–Kier alpha value is -4.03. The minimum Gasteiger partial charge on any atom is -0.298 e. The van der Waals surface area contributed by atoms with Gasteiger partial charge < -0.3 is 0 Å². The number of carbonyl (C=O) groups is 2. The molecule has 0 fully saturated rings. The van der Waals surface area contributed by atoms with Crippen LogP contribution in [0, 0.1) is 0 Å². The second kappa shape index (κ2) is 10.1. The Balaban J connectivity index is 1.43. The number of aromatic nitrogens is 1. The highest BCUT2D eigenvalue weighted by Gasteiger charge is 2.30. The second-order valence-electron chi connectivity index (χ2n) is 7.83. The SMILES string of the molecule is CC(=O)c1cccc(NS(=O)(=O)c2ccc(C(=O)Nc3nc(-c4ccc(C(F)(F)F)cc4)cs3)cc2)c1. The lowest BCUT2D eigenvalue weighted by molar-refractivity contribution is -0.137. The number of halogens is 3. The molecule has 7 nitrogen and oxygen atoms in total. The normalized spacial score (nSPS) is 11.7. The maximum absolute atomic E-state index is 12.8. The molecule has 0 aliphatic carbocycles. The lowest BCUT2D eigenvalue weighted by atomic mass is 10.1. The molecule has 4 rings (SSSR count).